The third-order valence-electron chi connectivity index (χ3n) is 4.27. The second-order valence-corrected chi connectivity index (χ2v) is 5.99. The highest BCUT2D eigenvalue weighted by Gasteiger charge is 2.14. The highest BCUT2D eigenvalue weighted by molar-refractivity contribution is 5.81. The molecule has 146 valence electrons. The van der Waals surface area contributed by atoms with Gasteiger partial charge in [0, 0.05) is 11.9 Å². The lowest BCUT2D eigenvalue weighted by atomic mass is 10.1. The van der Waals surface area contributed by atoms with Gasteiger partial charge < -0.3 is 19.5 Å². The predicted molar refractivity (Wildman–Crippen MR) is 104 cm³/mol. The Hall–Kier alpha value is -3.55. The standard InChI is InChI=1S/C20H21N3O5/c1-26-17-8-13(9-18(27-2)20(17)28-3)10-21-19(25)12-23-15-7-5-4-6-14(15)16(24)11-22-23/h4-9,11H,10,12H2,1-3H3,(H,21,25). The van der Waals surface area contributed by atoms with Crippen LogP contribution in [0.1, 0.15) is 5.56 Å². The molecule has 8 nitrogen and oxygen atoms in total. The lowest BCUT2D eigenvalue weighted by molar-refractivity contribution is -0.121. The molecule has 0 aliphatic heterocycles. The summed E-state index contributed by atoms with van der Waals surface area (Å²) < 4.78 is 17.4. The largest absolute Gasteiger partial charge is 0.493 e. The molecular weight excluding hydrogens is 362 g/mol. The van der Waals surface area contributed by atoms with Crippen molar-refractivity contribution in [3.8, 4) is 17.2 Å². The Labute approximate surface area is 161 Å². The number of rotatable bonds is 7. The molecule has 1 N–H and O–H groups in total. The molecule has 0 unspecified atom stereocenters. The van der Waals surface area contributed by atoms with E-state index in [1.165, 1.54) is 32.2 Å². The van der Waals surface area contributed by atoms with E-state index in [2.05, 4.69) is 10.4 Å². The van der Waals surface area contributed by atoms with Gasteiger partial charge in [0.2, 0.25) is 17.1 Å². The third-order valence-corrected chi connectivity index (χ3v) is 4.27. The van der Waals surface area contributed by atoms with E-state index in [4.69, 9.17) is 14.2 Å². The van der Waals surface area contributed by atoms with Crippen molar-refractivity contribution in [2.75, 3.05) is 21.3 Å². The Balaban J connectivity index is 1.75. The third kappa shape index (κ3) is 3.90. The number of aromatic nitrogens is 2. The molecule has 1 aromatic heterocycles. The summed E-state index contributed by atoms with van der Waals surface area (Å²) in [6.07, 6.45) is 1.22. The van der Waals surface area contributed by atoms with Gasteiger partial charge in [0.05, 0.1) is 33.0 Å². The van der Waals surface area contributed by atoms with Crippen LogP contribution in [0.2, 0.25) is 0 Å². The lowest BCUT2D eigenvalue weighted by Crippen LogP contribution is -2.28. The van der Waals surface area contributed by atoms with Gasteiger partial charge >= 0.3 is 0 Å². The first-order valence-electron chi connectivity index (χ1n) is 8.57. The van der Waals surface area contributed by atoms with Crippen LogP contribution in [0.25, 0.3) is 10.9 Å². The quantitative estimate of drug-likeness (QED) is 0.668. The van der Waals surface area contributed by atoms with Crippen LogP contribution >= 0.6 is 0 Å². The fourth-order valence-corrected chi connectivity index (χ4v) is 2.92. The first-order chi connectivity index (χ1) is 13.6. The van der Waals surface area contributed by atoms with Gasteiger partial charge in [0.1, 0.15) is 6.54 Å². The Kier molecular flexibility index (Phi) is 5.78. The first-order valence-corrected chi connectivity index (χ1v) is 8.57. The van der Waals surface area contributed by atoms with Crippen LogP contribution < -0.4 is 25.0 Å². The average molecular weight is 383 g/mol. The molecule has 1 amide bonds. The van der Waals surface area contributed by atoms with Crippen molar-refractivity contribution < 1.29 is 19.0 Å². The summed E-state index contributed by atoms with van der Waals surface area (Å²) in [5, 5.41) is 7.43. The van der Waals surface area contributed by atoms with E-state index in [0.717, 1.165) is 5.56 Å². The molecule has 0 atom stereocenters. The van der Waals surface area contributed by atoms with Crippen molar-refractivity contribution in [1.29, 1.82) is 0 Å². The number of nitrogens with one attached hydrogen (secondary N) is 1. The summed E-state index contributed by atoms with van der Waals surface area (Å²) in [7, 11) is 4.60. The van der Waals surface area contributed by atoms with Gasteiger partial charge in [-0.1, -0.05) is 12.1 Å². The maximum Gasteiger partial charge on any atom is 0.242 e. The Morgan fingerprint density at radius 2 is 1.75 bits per heavy atom. The minimum atomic E-state index is -0.241. The molecule has 3 aromatic rings. The van der Waals surface area contributed by atoms with E-state index >= 15 is 0 Å². The Morgan fingerprint density at radius 1 is 1.07 bits per heavy atom. The summed E-state index contributed by atoms with van der Waals surface area (Å²) in [4.78, 5) is 24.3. The SMILES string of the molecule is COc1cc(CNC(=O)Cn2ncc(=O)c3ccccc32)cc(OC)c1OC. The number of para-hydroxylation sites is 1. The molecule has 0 bridgehead atoms. The van der Waals surface area contributed by atoms with Crippen LogP contribution in [-0.2, 0) is 17.9 Å². The second kappa shape index (κ2) is 8.43. The summed E-state index contributed by atoms with van der Waals surface area (Å²) >= 11 is 0. The van der Waals surface area contributed by atoms with Crippen LogP contribution in [0.5, 0.6) is 17.2 Å². The van der Waals surface area contributed by atoms with Crippen molar-refractivity contribution in [3.05, 3.63) is 58.4 Å². The monoisotopic (exact) mass is 383 g/mol. The van der Waals surface area contributed by atoms with Crippen molar-refractivity contribution in [3.63, 3.8) is 0 Å². The summed E-state index contributed by atoms with van der Waals surface area (Å²) in [5.41, 5.74) is 1.23. The number of fused-ring (bicyclic) bond motifs is 1. The number of nitrogens with zero attached hydrogens (tertiary/aromatic N) is 2. The van der Waals surface area contributed by atoms with E-state index in [1.54, 1.807) is 36.4 Å². The van der Waals surface area contributed by atoms with Crippen molar-refractivity contribution in [2.24, 2.45) is 0 Å². The van der Waals surface area contributed by atoms with E-state index in [0.29, 0.717) is 28.2 Å². The molecule has 0 aliphatic rings. The predicted octanol–water partition coefficient (Wildman–Crippen LogP) is 1.74. The van der Waals surface area contributed by atoms with Gasteiger partial charge in [-0.3, -0.25) is 14.3 Å². The fourth-order valence-electron chi connectivity index (χ4n) is 2.92. The summed E-state index contributed by atoms with van der Waals surface area (Å²) in [5.74, 6) is 1.28. The molecular formula is C20H21N3O5. The number of carbonyl (C=O) groups excluding carboxylic acids is 1. The Bertz CT molecular complexity index is 1040. The number of amides is 1. The van der Waals surface area contributed by atoms with Crippen molar-refractivity contribution in [2.45, 2.75) is 13.1 Å². The molecule has 0 spiro atoms. The smallest absolute Gasteiger partial charge is 0.242 e. The summed E-state index contributed by atoms with van der Waals surface area (Å²) in [6.45, 7) is 0.263. The van der Waals surface area contributed by atoms with E-state index in [9.17, 15) is 9.59 Å². The van der Waals surface area contributed by atoms with E-state index in [-0.39, 0.29) is 24.4 Å². The second-order valence-electron chi connectivity index (χ2n) is 5.99. The molecule has 8 heteroatoms. The number of carbonyl (C=O) groups is 1. The molecule has 0 saturated carbocycles. The minimum Gasteiger partial charge on any atom is -0.493 e. The van der Waals surface area contributed by atoms with E-state index < -0.39 is 0 Å². The highest BCUT2D eigenvalue weighted by atomic mass is 16.5. The van der Waals surface area contributed by atoms with Crippen LogP contribution in [-0.4, -0.2) is 37.0 Å². The van der Waals surface area contributed by atoms with Crippen LogP contribution in [0.3, 0.4) is 0 Å². The van der Waals surface area contributed by atoms with Gasteiger partial charge in [-0.25, -0.2) is 0 Å². The van der Waals surface area contributed by atoms with Crippen LogP contribution in [0, 0.1) is 0 Å². The number of hydrogen-bond acceptors (Lipinski definition) is 6. The van der Waals surface area contributed by atoms with Gasteiger partial charge in [-0.2, -0.15) is 5.10 Å². The van der Waals surface area contributed by atoms with Crippen molar-refractivity contribution >= 4 is 16.8 Å². The maximum absolute atomic E-state index is 12.4. The van der Waals surface area contributed by atoms with Crippen LogP contribution in [0.15, 0.2) is 47.4 Å². The zero-order chi connectivity index (χ0) is 20.1. The molecule has 0 saturated heterocycles. The first kappa shape index (κ1) is 19.2. The molecule has 28 heavy (non-hydrogen) atoms. The van der Waals surface area contributed by atoms with Crippen molar-refractivity contribution in [1.82, 2.24) is 15.1 Å². The van der Waals surface area contributed by atoms with Gasteiger partial charge in [-0.15, -0.1) is 0 Å². The van der Waals surface area contributed by atoms with Gasteiger partial charge in [0.25, 0.3) is 0 Å². The van der Waals surface area contributed by atoms with E-state index in [1.807, 2.05) is 0 Å². The molecule has 0 fully saturated rings. The van der Waals surface area contributed by atoms with Crippen LogP contribution in [0.4, 0.5) is 0 Å². The molecule has 0 aliphatic carbocycles. The summed E-state index contributed by atoms with van der Waals surface area (Å²) in [6, 6.07) is 10.6. The number of benzene rings is 2. The number of ether oxygens (including phenoxy) is 3. The molecule has 3 rings (SSSR count). The normalized spacial score (nSPS) is 10.5. The maximum atomic E-state index is 12.4. The minimum absolute atomic E-state index is 0.00871. The fraction of sp³-hybridized carbons (Fsp3) is 0.250. The number of hydrogen-bond donors (Lipinski definition) is 1. The van der Waals surface area contributed by atoms with Gasteiger partial charge in [-0.05, 0) is 29.8 Å². The molecule has 2 aromatic carbocycles. The van der Waals surface area contributed by atoms with Gasteiger partial charge in [0.15, 0.2) is 11.5 Å². The Morgan fingerprint density at radius 3 is 2.39 bits per heavy atom. The average Bonchev–Trinajstić information content (AvgIpc) is 2.73. The molecule has 1 heterocycles. The zero-order valence-corrected chi connectivity index (χ0v) is 15.9. The zero-order valence-electron chi connectivity index (χ0n) is 15.9. The number of methoxy groups -OCH3 is 3. The molecule has 0 radical (unpaired) electrons. The topological polar surface area (TPSA) is 91.7 Å². The highest BCUT2D eigenvalue weighted by Crippen LogP contribution is 2.38. The lowest BCUT2D eigenvalue weighted by Gasteiger charge is -2.15.